The first-order valence-electron chi connectivity index (χ1n) is 6.92. The number of allylic oxidation sites excluding steroid dienone is 1. The second-order valence-corrected chi connectivity index (χ2v) is 4.51. The van der Waals surface area contributed by atoms with Gasteiger partial charge in [0.1, 0.15) is 0 Å². The van der Waals surface area contributed by atoms with Gasteiger partial charge in [-0.3, -0.25) is 9.48 Å². The predicted molar refractivity (Wildman–Crippen MR) is 80.9 cm³/mol. The Balaban J connectivity index is 2.19. The summed E-state index contributed by atoms with van der Waals surface area (Å²) >= 11 is 0. The molecule has 0 fully saturated rings. The fourth-order valence-corrected chi connectivity index (χ4v) is 2.02. The first-order chi connectivity index (χ1) is 11.0. The molecule has 1 aromatic heterocycles. The summed E-state index contributed by atoms with van der Waals surface area (Å²) in [6.07, 6.45) is 4.69. The molecule has 2 rings (SSSR count). The Kier molecular flexibility index (Phi) is 5.46. The van der Waals surface area contributed by atoms with E-state index in [0.717, 1.165) is 5.69 Å². The summed E-state index contributed by atoms with van der Waals surface area (Å²) in [4.78, 5) is 12.2. The van der Waals surface area contributed by atoms with E-state index >= 15 is 0 Å². The molecule has 0 spiro atoms. The van der Waals surface area contributed by atoms with Crippen LogP contribution in [0.2, 0.25) is 0 Å². The number of aromatic nitrogens is 2. The predicted octanol–water partition coefficient (Wildman–Crippen LogP) is 3.41. The summed E-state index contributed by atoms with van der Waals surface area (Å²) in [5, 5.41) is 4.10. The molecule has 0 unspecified atom stereocenters. The summed E-state index contributed by atoms with van der Waals surface area (Å²) < 4.78 is 35.6. The number of hydrogen-bond donors (Lipinski definition) is 0. The van der Waals surface area contributed by atoms with Crippen LogP contribution in [-0.4, -0.2) is 29.3 Å². The second-order valence-electron chi connectivity index (χ2n) is 4.51. The number of hydrogen-bond acceptors (Lipinski definition) is 4. The van der Waals surface area contributed by atoms with E-state index in [1.165, 1.54) is 31.4 Å². The highest BCUT2D eigenvalue weighted by molar-refractivity contribution is 6.07. The Morgan fingerprint density at radius 3 is 2.78 bits per heavy atom. The van der Waals surface area contributed by atoms with E-state index in [4.69, 9.17) is 4.74 Å². The van der Waals surface area contributed by atoms with E-state index in [0.29, 0.717) is 12.1 Å². The van der Waals surface area contributed by atoms with Crippen LogP contribution in [0.5, 0.6) is 11.5 Å². The summed E-state index contributed by atoms with van der Waals surface area (Å²) in [7, 11) is 1.32. The number of halogens is 2. The van der Waals surface area contributed by atoms with Crippen LogP contribution in [0.25, 0.3) is 6.08 Å². The third kappa shape index (κ3) is 4.15. The zero-order valence-corrected chi connectivity index (χ0v) is 12.7. The van der Waals surface area contributed by atoms with Crippen LogP contribution in [0.3, 0.4) is 0 Å². The van der Waals surface area contributed by atoms with Gasteiger partial charge in [0.15, 0.2) is 17.3 Å². The number of carbonyl (C=O) groups excluding carboxylic acids is 1. The quantitative estimate of drug-likeness (QED) is 0.579. The summed E-state index contributed by atoms with van der Waals surface area (Å²) in [6, 6.07) is 5.83. The number of methoxy groups -OCH3 is 1. The van der Waals surface area contributed by atoms with E-state index in [9.17, 15) is 13.6 Å². The fraction of sp³-hybridized carbons (Fsp3) is 0.250. The Labute approximate surface area is 132 Å². The van der Waals surface area contributed by atoms with Crippen LogP contribution in [0.1, 0.15) is 23.0 Å². The SMILES string of the molecule is CCn1nccc1/C=C/C(=O)c1ccc(OC(F)F)c(OC)c1. The van der Waals surface area contributed by atoms with Crippen molar-refractivity contribution in [1.29, 1.82) is 0 Å². The number of alkyl halides is 2. The molecule has 2 aromatic rings. The molecule has 0 aliphatic rings. The van der Waals surface area contributed by atoms with Crippen LogP contribution >= 0.6 is 0 Å². The van der Waals surface area contributed by atoms with E-state index < -0.39 is 6.61 Å². The van der Waals surface area contributed by atoms with Crippen molar-refractivity contribution in [3.05, 3.63) is 47.8 Å². The number of rotatable bonds is 7. The Morgan fingerprint density at radius 1 is 1.35 bits per heavy atom. The van der Waals surface area contributed by atoms with Gasteiger partial charge < -0.3 is 9.47 Å². The highest BCUT2D eigenvalue weighted by Crippen LogP contribution is 2.29. The van der Waals surface area contributed by atoms with E-state index in [1.807, 2.05) is 6.92 Å². The average molecular weight is 322 g/mol. The molecule has 122 valence electrons. The molecule has 0 saturated heterocycles. The van der Waals surface area contributed by atoms with E-state index in [1.54, 1.807) is 23.0 Å². The van der Waals surface area contributed by atoms with Crippen molar-refractivity contribution in [3.63, 3.8) is 0 Å². The van der Waals surface area contributed by atoms with Crippen LogP contribution in [0, 0.1) is 0 Å². The van der Waals surface area contributed by atoms with Gasteiger partial charge in [-0.05, 0) is 43.3 Å². The Hall–Kier alpha value is -2.70. The largest absolute Gasteiger partial charge is 0.493 e. The van der Waals surface area contributed by atoms with Crippen molar-refractivity contribution in [2.75, 3.05) is 7.11 Å². The molecule has 23 heavy (non-hydrogen) atoms. The van der Waals surface area contributed by atoms with Crippen LogP contribution in [0.4, 0.5) is 8.78 Å². The number of ketones is 1. The van der Waals surface area contributed by atoms with Crippen LogP contribution in [0.15, 0.2) is 36.5 Å². The second kappa shape index (κ2) is 7.53. The van der Waals surface area contributed by atoms with Crippen molar-refractivity contribution in [2.45, 2.75) is 20.1 Å². The van der Waals surface area contributed by atoms with Gasteiger partial charge in [0, 0.05) is 18.3 Å². The lowest BCUT2D eigenvalue weighted by Gasteiger charge is -2.10. The van der Waals surface area contributed by atoms with Gasteiger partial charge in [-0.15, -0.1) is 0 Å². The topological polar surface area (TPSA) is 53.4 Å². The first kappa shape index (κ1) is 16.7. The molecule has 0 radical (unpaired) electrons. The molecule has 1 heterocycles. The molecule has 0 atom stereocenters. The molecule has 1 aromatic carbocycles. The number of aryl methyl sites for hydroxylation is 1. The Morgan fingerprint density at radius 2 is 2.13 bits per heavy atom. The minimum absolute atomic E-state index is 0.0724. The van der Waals surface area contributed by atoms with Gasteiger partial charge in [-0.25, -0.2) is 0 Å². The zero-order chi connectivity index (χ0) is 16.8. The van der Waals surface area contributed by atoms with Gasteiger partial charge >= 0.3 is 6.61 Å². The number of benzene rings is 1. The minimum Gasteiger partial charge on any atom is -0.493 e. The van der Waals surface area contributed by atoms with Crippen molar-refractivity contribution in [2.24, 2.45) is 0 Å². The summed E-state index contributed by atoms with van der Waals surface area (Å²) in [5.74, 6) is -0.328. The first-order valence-corrected chi connectivity index (χ1v) is 6.92. The molecule has 0 saturated carbocycles. The smallest absolute Gasteiger partial charge is 0.387 e. The lowest BCUT2D eigenvalue weighted by molar-refractivity contribution is -0.0512. The van der Waals surface area contributed by atoms with Crippen molar-refractivity contribution in [1.82, 2.24) is 9.78 Å². The van der Waals surface area contributed by atoms with Crippen molar-refractivity contribution >= 4 is 11.9 Å². The molecule has 0 N–H and O–H groups in total. The van der Waals surface area contributed by atoms with E-state index in [-0.39, 0.29) is 17.3 Å². The zero-order valence-electron chi connectivity index (χ0n) is 12.7. The fourth-order valence-electron chi connectivity index (χ4n) is 2.02. The maximum Gasteiger partial charge on any atom is 0.387 e. The monoisotopic (exact) mass is 322 g/mol. The molecule has 0 aliphatic carbocycles. The maximum atomic E-state index is 12.3. The van der Waals surface area contributed by atoms with E-state index in [2.05, 4.69) is 9.84 Å². The maximum absolute atomic E-state index is 12.3. The molecular formula is C16H16F2N2O3. The van der Waals surface area contributed by atoms with Gasteiger partial charge in [-0.2, -0.15) is 13.9 Å². The standard InChI is InChI=1S/C16H16F2N2O3/c1-3-20-12(8-9-19-20)5-6-13(21)11-4-7-14(23-16(17)18)15(10-11)22-2/h4-10,16H,3H2,1-2H3/b6-5+. The average Bonchev–Trinajstić information content (AvgIpc) is 2.99. The summed E-state index contributed by atoms with van der Waals surface area (Å²) in [6.45, 7) is -0.327. The van der Waals surface area contributed by atoms with Crippen molar-refractivity contribution in [3.8, 4) is 11.5 Å². The highest BCUT2D eigenvalue weighted by atomic mass is 19.3. The minimum atomic E-state index is -2.96. The van der Waals surface area contributed by atoms with Gasteiger partial charge in [-0.1, -0.05) is 0 Å². The number of nitrogens with zero attached hydrogens (tertiary/aromatic N) is 2. The van der Waals surface area contributed by atoms with Crippen LogP contribution in [-0.2, 0) is 6.54 Å². The Bertz CT molecular complexity index is 711. The van der Waals surface area contributed by atoms with Gasteiger partial charge in [0.25, 0.3) is 0 Å². The molecule has 5 nitrogen and oxygen atoms in total. The number of carbonyl (C=O) groups is 1. The lowest BCUT2D eigenvalue weighted by atomic mass is 10.1. The van der Waals surface area contributed by atoms with Gasteiger partial charge in [0.2, 0.25) is 0 Å². The van der Waals surface area contributed by atoms with Crippen molar-refractivity contribution < 1.29 is 23.0 Å². The highest BCUT2D eigenvalue weighted by Gasteiger charge is 2.13. The molecule has 0 aliphatic heterocycles. The third-order valence-corrected chi connectivity index (χ3v) is 3.12. The third-order valence-electron chi connectivity index (χ3n) is 3.12. The molecule has 7 heteroatoms. The number of ether oxygens (including phenoxy) is 2. The van der Waals surface area contributed by atoms with Gasteiger partial charge in [0.05, 0.1) is 12.8 Å². The normalized spacial score (nSPS) is 11.2. The molecule has 0 bridgehead atoms. The summed E-state index contributed by atoms with van der Waals surface area (Å²) in [5.41, 5.74) is 1.10. The molecule has 0 amide bonds. The molecular weight excluding hydrogens is 306 g/mol. The van der Waals surface area contributed by atoms with Crippen LogP contribution < -0.4 is 9.47 Å². The lowest BCUT2D eigenvalue weighted by Crippen LogP contribution is -2.04.